The zero-order valence-corrected chi connectivity index (χ0v) is 15.7. The summed E-state index contributed by atoms with van der Waals surface area (Å²) in [5.74, 6) is -4.03. The van der Waals surface area contributed by atoms with Gasteiger partial charge in [-0.3, -0.25) is 14.3 Å². The van der Waals surface area contributed by atoms with Crippen molar-refractivity contribution in [1.82, 2.24) is 9.55 Å². The molecule has 26 heavy (non-hydrogen) atoms. The average molecular weight is 366 g/mol. The minimum atomic E-state index is -3.53. The normalized spacial score (nSPS) is 12.0. The molecule has 0 amide bonds. The van der Waals surface area contributed by atoms with Gasteiger partial charge in [0.2, 0.25) is 0 Å². The highest BCUT2D eigenvalue weighted by Crippen LogP contribution is 2.38. The lowest BCUT2D eigenvalue weighted by molar-refractivity contribution is 0.0144. The Kier molecular flexibility index (Phi) is 5.81. The fraction of sp³-hybridized carbons (Fsp3) is 0.474. The van der Waals surface area contributed by atoms with Gasteiger partial charge in [-0.2, -0.15) is 8.78 Å². The van der Waals surface area contributed by atoms with Crippen molar-refractivity contribution in [2.75, 3.05) is 6.61 Å². The molecule has 0 spiro atoms. The van der Waals surface area contributed by atoms with E-state index in [-0.39, 0.29) is 24.5 Å². The summed E-state index contributed by atoms with van der Waals surface area (Å²) < 4.78 is 37.1. The number of nitrogens with one attached hydrogen (secondary N) is 1. The number of H-pyrrole nitrogens is 1. The van der Waals surface area contributed by atoms with Crippen LogP contribution in [0.15, 0.2) is 27.8 Å². The van der Waals surface area contributed by atoms with Gasteiger partial charge in [-0.05, 0) is 38.8 Å². The van der Waals surface area contributed by atoms with Crippen molar-refractivity contribution in [2.24, 2.45) is 0 Å². The highest BCUT2D eigenvalue weighted by molar-refractivity contribution is 5.39. The molecule has 0 aliphatic heterocycles. The van der Waals surface area contributed by atoms with Crippen LogP contribution in [0.4, 0.5) is 8.78 Å². The topological polar surface area (TPSA) is 64.1 Å². The monoisotopic (exact) mass is 366 g/mol. The largest absolute Gasteiger partial charge is 0.361 e. The van der Waals surface area contributed by atoms with Gasteiger partial charge in [0.15, 0.2) is 0 Å². The van der Waals surface area contributed by atoms with Crippen LogP contribution in [0.5, 0.6) is 0 Å². The molecule has 5 nitrogen and oxygen atoms in total. The van der Waals surface area contributed by atoms with Crippen molar-refractivity contribution >= 4 is 0 Å². The summed E-state index contributed by atoms with van der Waals surface area (Å²) in [6, 6.07) is 4.52. The molecule has 0 aliphatic carbocycles. The molecular formula is C19H24F2N2O3. The second kappa shape index (κ2) is 7.53. The van der Waals surface area contributed by atoms with E-state index in [2.05, 4.69) is 4.98 Å². The maximum atomic E-state index is 15.5. The SMILES string of the molecule is CCOCn1c(C(F)(F)c2cc(C)cc(C)c2)c(C(C)C)c(=O)[nH]c1=O. The Hall–Kier alpha value is -2.28. The third-order valence-electron chi connectivity index (χ3n) is 4.12. The summed E-state index contributed by atoms with van der Waals surface area (Å²) in [5.41, 5.74) is -1.34. The lowest BCUT2D eigenvalue weighted by Gasteiger charge is -2.25. The third kappa shape index (κ3) is 3.77. The number of aryl methyl sites for hydroxylation is 2. The quantitative estimate of drug-likeness (QED) is 0.852. The van der Waals surface area contributed by atoms with E-state index in [9.17, 15) is 9.59 Å². The predicted octanol–water partition coefficient (Wildman–Crippen LogP) is 3.41. The minimum Gasteiger partial charge on any atom is -0.361 e. The van der Waals surface area contributed by atoms with Crippen molar-refractivity contribution in [3.8, 4) is 0 Å². The molecule has 1 aromatic heterocycles. The number of alkyl halides is 2. The summed E-state index contributed by atoms with van der Waals surface area (Å²) in [7, 11) is 0. The van der Waals surface area contributed by atoms with E-state index >= 15 is 8.78 Å². The first kappa shape index (κ1) is 20.0. The van der Waals surface area contributed by atoms with E-state index in [4.69, 9.17) is 4.74 Å². The Morgan fingerprint density at radius 1 is 1.15 bits per heavy atom. The van der Waals surface area contributed by atoms with E-state index in [0.29, 0.717) is 11.1 Å². The van der Waals surface area contributed by atoms with Crippen LogP contribution < -0.4 is 11.2 Å². The molecule has 1 aromatic carbocycles. The average Bonchev–Trinajstić information content (AvgIpc) is 2.51. The maximum absolute atomic E-state index is 15.5. The Bertz CT molecular complexity index is 894. The molecule has 0 saturated heterocycles. The summed E-state index contributed by atoms with van der Waals surface area (Å²) >= 11 is 0. The number of benzene rings is 1. The second-order valence-electron chi connectivity index (χ2n) is 6.68. The van der Waals surface area contributed by atoms with Crippen molar-refractivity contribution in [3.05, 3.63) is 67.0 Å². The third-order valence-corrected chi connectivity index (χ3v) is 4.12. The standard InChI is InChI=1S/C19H24F2N2O3/c1-6-26-10-23-16(15(11(2)3)17(24)22-18(23)25)19(20,21)14-8-12(4)7-13(5)9-14/h7-9,11H,6,10H2,1-5H3,(H,22,24,25). The van der Waals surface area contributed by atoms with Gasteiger partial charge in [0.1, 0.15) is 12.4 Å². The summed E-state index contributed by atoms with van der Waals surface area (Å²) in [6.07, 6.45) is 0. The molecule has 2 aromatic rings. The van der Waals surface area contributed by atoms with Crippen molar-refractivity contribution in [2.45, 2.75) is 53.2 Å². The van der Waals surface area contributed by atoms with Crippen molar-refractivity contribution in [1.29, 1.82) is 0 Å². The minimum absolute atomic E-state index is 0.117. The lowest BCUT2D eigenvalue weighted by Crippen LogP contribution is -2.40. The summed E-state index contributed by atoms with van der Waals surface area (Å²) in [6.45, 7) is 8.31. The highest BCUT2D eigenvalue weighted by Gasteiger charge is 2.41. The van der Waals surface area contributed by atoms with Gasteiger partial charge in [-0.1, -0.05) is 31.0 Å². The number of ether oxygens (including phenoxy) is 1. The van der Waals surface area contributed by atoms with Gasteiger partial charge < -0.3 is 4.74 Å². The Morgan fingerprint density at radius 3 is 2.23 bits per heavy atom. The first-order valence-electron chi connectivity index (χ1n) is 8.51. The molecule has 1 N–H and O–H groups in total. The Balaban J connectivity index is 2.87. The lowest BCUT2D eigenvalue weighted by atomic mass is 9.93. The van der Waals surface area contributed by atoms with Crippen LogP contribution >= 0.6 is 0 Å². The molecule has 0 aliphatic rings. The van der Waals surface area contributed by atoms with Crippen LogP contribution in [0.25, 0.3) is 0 Å². The predicted molar refractivity (Wildman–Crippen MR) is 95.9 cm³/mol. The number of hydrogen-bond donors (Lipinski definition) is 1. The molecule has 0 fully saturated rings. The molecular weight excluding hydrogens is 342 g/mol. The highest BCUT2D eigenvalue weighted by atomic mass is 19.3. The van der Waals surface area contributed by atoms with Gasteiger partial charge in [0.25, 0.3) is 5.56 Å². The molecule has 2 rings (SSSR count). The molecule has 0 unspecified atom stereocenters. The fourth-order valence-electron chi connectivity index (χ4n) is 3.06. The molecule has 0 bridgehead atoms. The van der Waals surface area contributed by atoms with Gasteiger partial charge in [-0.15, -0.1) is 0 Å². The molecule has 142 valence electrons. The first-order chi connectivity index (χ1) is 12.1. The van der Waals surface area contributed by atoms with Gasteiger partial charge in [0, 0.05) is 17.7 Å². The fourth-order valence-corrected chi connectivity index (χ4v) is 3.06. The van der Waals surface area contributed by atoms with Crippen molar-refractivity contribution < 1.29 is 13.5 Å². The number of rotatable bonds is 6. The van der Waals surface area contributed by atoms with E-state index in [1.807, 2.05) is 0 Å². The van der Waals surface area contributed by atoms with Gasteiger partial charge in [-0.25, -0.2) is 4.79 Å². The Labute approximate surface area is 150 Å². The van der Waals surface area contributed by atoms with Gasteiger partial charge in [0.05, 0.1) is 0 Å². The van der Waals surface area contributed by atoms with E-state index in [0.717, 1.165) is 4.57 Å². The molecule has 1 heterocycles. The van der Waals surface area contributed by atoms with Crippen LogP contribution in [-0.2, 0) is 17.4 Å². The van der Waals surface area contributed by atoms with E-state index < -0.39 is 28.8 Å². The zero-order valence-electron chi connectivity index (χ0n) is 15.7. The molecule has 0 radical (unpaired) electrons. The molecule has 0 atom stereocenters. The maximum Gasteiger partial charge on any atom is 0.330 e. The van der Waals surface area contributed by atoms with E-state index in [1.165, 1.54) is 12.1 Å². The van der Waals surface area contributed by atoms with Crippen LogP contribution in [0.2, 0.25) is 0 Å². The summed E-state index contributed by atoms with van der Waals surface area (Å²) in [4.78, 5) is 26.7. The number of hydrogen-bond acceptors (Lipinski definition) is 3. The molecule has 7 heteroatoms. The van der Waals surface area contributed by atoms with Gasteiger partial charge >= 0.3 is 11.6 Å². The second-order valence-corrected chi connectivity index (χ2v) is 6.68. The molecule has 0 saturated carbocycles. The number of aromatic amines is 1. The first-order valence-corrected chi connectivity index (χ1v) is 8.51. The number of halogens is 2. The smallest absolute Gasteiger partial charge is 0.330 e. The van der Waals surface area contributed by atoms with Crippen LogP contribution in [0.3, 0.4) is 0 Å². The van der Waals surface area contributed by atoms with Crippen LogP contribution in [-0.4, -0.2) is 16.2 Å². The number of aromatic nitrogens is 2. The number of nitrogens with zero attached hydrogens (tertiary/aromatic N) is 1. The zero-order chi connectivity index (χ0) is 19.6. The van der Waals surface area contributed by atoms with E-state index in [1.54, 1.807) is 40.7 Å². The summed E-state index contributed by atoms with van der Waals surface area (Å²) in [5, 5.41) is 0. The van der Waals surface area contributed by atoms with Crippen LogP contribution in [0, 0.1) is 13.8 Å². The van der Waals surface area contributed by atoms with Crippen LogP contribution in [0.1, 0.15) is 54.6 Å². The Morgan fingerprint density at radius 2 is 1.73 bits per heavy atom. The van der Waals surface area contributed by atoms with Crippen molar-refractivity contribution in [3.63, 3.8) is 0 Å².